The molecular formula is C30H33N3O2. The van der Waals surface area contributed by atoms with Crippen LogP contribution in [0.4, 0.5) is 0 Å². The minimum atomic E-state index is -0.913. The van der Waals surface area contributed by atoms with Crippen molar-refractivity contribution in [2.45, 2.75) is 58.4 Å². The molecule has 0 aliphatic rings. The van der Waals surface area contributed by atoms with Gasteiger partial charge in [-0.1, -0.05) is 99.0 Å². The number of nitrogens with zero attached hydrogens (tertiary/aromatic N) is 3. The van der Waals surface area contributed by atoms with E-state index in [-0.39, 0.29) is 0 Å². The first-order valence-electron chi connectivity index (χ1n) is 12.5. The molecule has 5 nitrogen and oxygen atoms in total. The van der Waals surface area contributed by atoms with Gasteiger partial charge in [0.05, 0.1) is 5.56 Å². The highest BCUT2D eigenvalue weighted by Gasteiger charge is 2.13. The number of rotatable bonds is 12. The van der Waals surface area contributed by atoms with Crippen LogP contribution in [0.3, 0.4) is 0 Å². The number of unbranched alkanes of at least 4 members (excludes halogenated alkanes) is 3. The highest BCUT2D eigenvalue weighted by molar-refractivity contribution is 5.95. The van der Waals surface area contributed by atoms with E-state index >= 15 is 0 Å². The lowest BCUT2D eigenvalue weighted by Gasteiger charge is -2.08. The van der Waals surface area contributed by atoms with Crippen molar-refractivity contribution < 1.29 is 9.90 Å². The Kier molecular flexibility index (Phi) is 8.44. The van der Waals surface area contributed by atoms with Crippen LogP contribution in [0.25, 0.3) is 11.1 Å². The molecule has 3 aromatic carbocycles. The van der Waals surface area contributed by atoms with Crippen molar-refractivity contribution >= 4 is 5.97 Å². The molecule has 5 heteroatoms. The van der Waals surface area contributed by atoms with Gasteiger partial charge in [-0.15, -0.1) is 0 Å². The molecule has 0 aliphatic carbocycles. The Morgan fingerprint density at radius 3 is 2.31 bits per heavy atom. The molecule has 0 unspecified atom stereocenters. The van der Waals surface area contributed by atoms with Crippen molar-refractivity contribution in [3.63, 3.8) is 0 Å². The number of aryl methyl sites for hydroxylation is 3. The molecule has 1 aromatic heterocycles. The van der Waals surface area contributed by atoms with E-state index in [1.165, 1.54) is 24.8 Å². The molecule has 0 fully saturated rings. The lowest BCUT2D eigenvalue weighted by molar-refractivity contribution is 0.0697. The lowest BCUT2D eigenvalue weighted by atomic mass is 9.98. The molecule has 1 N–H and O–H groups in total. The van der Waals surface area contributed by atoms with Gasteiger partial charge in [0.15, 0.2) is 5.82 Å². The zero-order valence-electron chi connectivity index (χ0n) is 20.4. The van der Waals surface area contributed by atoms with Gasteiger partial charge in [0, 0.05) is 19.4 Å². The Morgan fingerprint density at radius 2 is 1.57 bits per heavy atom. The molecule has 4 aromatic rings. The molecule has 180 valence electrons. The molecule has 35 heavy (non-hydrogen) atoms. The van der Waals surface area contributed by atoms with E-state index in [2.05, 4.69) is 48.0 Å². The second-order valence-corrected chi connectivity index (χ2v) is 8.94. The SMILES string of the molecule is CCCCCCn1nc(CCc2ccccc2)nc1Cc1ccc(-c2ccccc2C(=O)O)cc1. The fraction of sp³-hybridized carbons (Fsp3) is 0.300. The molecular weight excluding hydrogens is 434 g/mol. The summed E-state index contributed by atoms with van der Waals surface area (Å²) in [5.74, 6) is 0.971. The van der Waals surface area contributed by atoms with Gasteiger partial charge < -0.3 is 5.11 Å². The summed E-state index contributed by atoms with van der Waals surface area (Å²) in [5.41, 5.74) is 4.38. The first kappa shape index (κ1) is 24.4. The number of benzene rings is 3. The Hall–Kier alpha value is -3.73. The van der Waals surface area contributed by atoms with Crippen molar-refractivity contribution in [3.8, 4) is 11.1 Å². The molecule has 0 atom stereocenters. The van der Waals surface area contributed by atoms with Gasteiger partial charge in [-0.05, 0) is 41.2 Å². The van der Waals surface area contributed by atoms with Gasteiger partial charge in [-0.25, -0.2) is 14.5 Å². The Labute approximate surface area is 207 Å². The van der Waals surface area contributed by atoms with Gasteiger partial charge in [0.1, 0.15) is 5.82 Å². The zero-order chi connectivity index (χ0) is 24.5. The maximum atomic E-state index is 11.6. The predicted molar refractivity (Wildman–Crippen MR) is 140 cm³/mol. The van der Waals surface area contributed by atoms with E-state index in [1.54, 1.807) is 12.1 Å². The summed E-state index contributed by atoms with van der Waals surface area (Å²) in [6.07, 6.45) is 7.21. The highest BCUT2D eigenvalue weighted by atomic mass is 16.4. The molecule has 1 heterocycles. The third kappa shape index (κ3) is 6.66. The molecule has 0 amide bonds. The highest BCUT2D eigenvalue weighted by Crippen LogP contribution is 2.25. The van der Waals surface area contributed by atoms with Gasteiger partial charge in [0.2, 0.25) is 0 Å². The molecule has 0 saturated heterocycles. The average Bonchev–Trinajstić information content (AvgIpc) is 3.27. The smallest absolute Gasteiger partial charge is 0.336 e. The monoisotopic (exact) mass is 467 g/mol. The van der Waals surface area contributed by atoms with Crippen LogP contribution in [0.1, 0.15) is 65.7 Å². The quantitative estimate of drug-likeness (QED) is 0.238. The van der Waals surface area contributed by atoms with Crippen LogP contribution in [0, 0.1) is 0 Å². The number of hydrogen-bond donors (Lipinski definition) is 1. The molecule has 0 bridgehead atoms. The van der Waals surface area contributed by atoms with Crippen LogP contribution >= 0.6 is 0 Å². The van der Waals surface area contributed by atoms with Crippen molar-refractivity contribution in [1.29, 1.82) is 0 Å². The minimum absolute atomic E-state index is 0.315. The Balaban J connectivity index is 1.50. The molecule has 0 aliphatic heterocycles. The van der Waals surface area contributed by atoms with Crippen LogP contribution in [-0.4, -0.2) is 25.8 Å². The van der Waals surface area contributed by atoms with E-state index in [0.29, 0.717) is 12.0 Å². The summed E-state index contributed by atoms with van der Waals surface area (Å²) < 4.78 is 2.09. The standard InChI is InChI=1S/C30H33N3O2/c1-2-3-4-10-21-33-29(31-28(32-33)20-17-23-11-6-5-7-12-23)22-24-15-18-25(19-16-24)26-13-8-9-14-27(26)30(34)35/h5-9,11-16,18-19H,2-4,10,17,20-22H2,1H3,(H,34,35). The van der Waals surface area contributed by atoms with Gasteiger partial charge >= 0.3 is 5.97 Å². The van der Waals surface area contributed by atoms with E-state index in [0.717, 1.165) is 54.1 Å². The largest absolute Gasteiger partial charge is 0.478 e. The summed E-state index contributed by atoms with van der Waals surface area (Å²) in [6, 6.07) is 25.7. The van der Waals surface area contributed by atoms with Crippen molar-refractivity contribution in [1.82, 2.24) is 14.8 Å². The zero-order valence-corrected chi connectivity index (χ0v) is 20.4. The first-order chi connectivity index (χ1) is 17.1. The predicted octanol–water partition coefficient (Wildman–Crippen LogP) is 6.60. The maximum absolute atomic E-state index is 11.6. The van der Waals surface area contributed by atoms with Crippen LogP contribution in [0.5, 0.6) is 0 Å². The van der Waals surface area contributed by atoms with E-state index in [1.807, 2.05) is 30.3 Å². The summed E-state index contributed by atoms with van der Waals surface area (Å²) in [7, 11) is 0. The second kappa shape index (κ2) is 12.1. The van der Waals surface area contributed by atoms with E-state index in [4.69, 9.17) is 10.1 Å². The minimum Gasteiger partial charge on any atom is -0.478 e. The summed E-state index contributed by atoms with van der Waals surface area (Å²) in [4.78, 5) is 16.5. The summed E-state index contributed by atoms with van der Waals surface area (Å²) in [5, 5.41) is 14.4. The van der Waals surface area contributed by atoms with Gasteiger partial charge in [0.25, 0.3) is 0 Å². The number of aromatic carboxylic acids is 1. The van der Waals surface area contributed by atoms with Crippen LogP contribution in [0.2, 0.25) is 0 Å². The number of hydrogen-bond acceptors (Lipinski definition) is 3. The fourth-order valence-electron chi connectivity index (χ4n) is 4.34. The van der Waals surface area contributed by atoms with Crippen LogP contribution in [-0.2, 0) is 25.8 Å². The van der Waals surface area contributed by atoms with Crippen molar-refractivity contribution in [3.05, 3.63) is 107 Å². The van der Waals surface area contributed by atoms with E-state index in [9.17, 15) is 9.90 Å². The van der Waals surface area contributed by atoms with Gasteiger partial charge in [-0.2, -0.15) is 5.10 Å². The average molecular weight is 468 g/mol. The van der Waals surface area contributed by atoms with Crippen molar-refractivity contribution in [2.75, 3.05) is 0 Å². The normalized spacial score (nSPS) is 11.0. The molecule has 0 spiro atoms. The molecule has 0 radical (unpaired) electrons. The number of aromatic nitrogens is 3. The molecule has 0 saturated carbocycles. The van der Waals surface area contributed by atoms with Crippen LogP contribution in [0.15, 0.2) is 78.9 Å². The third-order valence-electron chi connectivity index (χ3n) is 6.28. The number of carbonyl (C=O) groups is 1. The Bertz CT molecular complexity index is 1230. The Morgan fingerprint density at radius 1 is 0.829 bits per heavy atom. The van der Waals surface area contributed by atoms with Crippen molar-refractivity contribution in [2.24, 2.45) is 0 Å². The molecule has 4 rings (SSSR count). The summed E-state index contributed by atoms with van der Waals surface area (Å²) in [6.45, 7) is 3.11. The summed E-state index contributed by atoms with van der Waals surface area (Å²) >= 11 is 0. The second-order valence-electron chi connectivity index (χ2n) is 8.94. The fourth-order valence-corrected chi connectivity index (χ4v) is 4.34. The van der Waals surface area contributed by atoms with Gasteiger partial charge in [-0.3, -0.25) is 0 Å². The third-order valence-corrected chi connectivity index (χ3v) is 6.28. The maximum Gasteiger partial charge on any atom is 0.336 e. The number of carboxylic acids is 1. The lowest BCUT2D eigenvalue weighted by Crippen LogP contribution is -2.07. The topological polar surface area (TPSA) is 68.0 Å². The van der Waals surface area contributed by atoms with Crippen LogP contribution < -0.4 is 0 Å². The first-order valence-corrected chi connectivity index (χ1v) is 12.5. The van der Waals surface area contributed by atoms with E-state index < -0.39 is 5.97 Å². The number of carboxylic acid groups (broad SMARTS) is 1.